The molecule has 4 rings (SSSR count). The SMILES string of the molecule is CCOc1ccc(-c2ccc(C=C3C(=O)N(c4ccccc4)N=C3C)o2)c([N+](=O)[O-])c1. The second-order valence-electron chi connectivity index (χ2n) is 6.77. The molecule has 156 valence electrons. The quantitative estimate of drug-likeness (QED) is 0.317. The lowest BCUT2D eigenvalue weighted by molar-refractivity contribution is -0.384. The first-order chi connectivity index (χ1) is 15.0. The molecule has 0 fully saturated rings. The van der Waals surface area contributed by atoms with Gasteiger partial charge in [0.15, 0.2) is 0 Å². The van der Waals surface area contributed by atoms with E-state index in [-0.39, 0.29) is 11.6 Å². The van der Waals surface area contributed by atoms with Gasteiger partial charge in [-0.2, -0.15) is 10.1 Å². The number of benzene rings is 2. The molecule has 1 amide bonds. The number of carbonyl (C=O) groups is 1. The first-order valence-electron chi connectivity index (χ1n) is 9.66. The summed E-state index contributed by atoms with van der Waals surface area (Å²) in [4.78, 5) is 23.9. The molecule has 0 radical (unpaired) electrons. The number of furan rings is 1. The molecule has 1 aliphatic heterocycles. The van der Waals surface area contributed by atoms with Gasteiger partial charge in [-0.25, -0.2) is 0 Å². The van der Waals surface area contributed by atoms with Gasteiger partial charge >= 0.3 is 0 Å². The first kappa shape index (κ1) is 20.1. The second kappa shape index (κ2) is 8.27. The molecule has 0 aliphatic carbocycles. The summed E-state index contributed by atoms with van der Waals surface area (Å²) < 4.78 is 11.2. The van der Waals surface area contributed by atoms with Crippen LogP contribution < -0.4 is 9.75 Å². The molecule has 1 aromatic heterocycles. The molecule has 0 spiro atoms. The molecule has 8 heteroatoms. The Morgan fingerprint density at radius 2 is 1.94 bits per heavy atom. The number of nitro benzene ring substituents is 1. The lowest BCUT2D eigenvalue weighted by atomic mass is 10.1. The van der Waals surface area contributed by atoms with Crippen molar-refractivity contribution in [3.05, 3.63) is 82.1 Å². The van der Waals surface area contributed by atoms with Crippen LogP contribution in [-0.4, -0.2) is 23.1 Å². The molecule has 0 saturated carbocycles. The lowest BCUT2D eigenvalue weighted by Gasteiger charge is -2.10. The highest BCUT2D eigenvalue weighted by Gasteiger charge is 2.29. The lowest BCUT2D eigenvalue weighted by Crippen LogP contribution is -2.21. The van der Waals surface area contributed by atoms with Gasteiger partial charge < -0.3 is 9.15 Å². The van der Waals surface area contributed by atoms with Crippen molar-refractivity contribution in [2.75, 3.05) is 11.6 Å². The zero-order valence-corrected chi connectivity index (χ0v) is 16.9. The van der Waals surface area contributed by atoms with Crippen LogP contribution in [0, 0.1) is 10.1 Å². The van der Waals surface area contributed by atoms with Crippen molar-refractivity contribution in [3.63, 3.8) is 0 Å². The van der Waals surface area contributed by atoms with Crippen molar-refractivity contribution in [2.45, 2.75) is 13.8 Å². The van der Waals surface area contributed by atoms with E-state index in [4.69, 9.17) is 9.15 Å². The Balaban J connectivity index is 1.64. The smallest absolute Gasteiger partial charge is 0.284 e. The third kappa shape index (κ3) is 3.95. The van der Waals surface area contributed by atoms with Crippen LogP contribution in [0.2, 0.25) is 0 Å². The zero-order valence-electron chi connectivity index (χ0n) is 16.9. The van der Waals surface area contributed by atoms with E-state index in [1.165, 1.54) is 11.1 Å². The number of nitrogens with zero attached hydrogens (tertiary/aromatic N) is 3. The van der Waals surface area contributed by atoms with Crippen molar-refractivity contribution < 1.29 is 18.9 Å². The minimum Gasteiger partial charge on any atom is -0.494 e. The molecule has 31 heavy (non-hydrogen) atoms. The van der Waals surface area contributed by atoms with E-state index < -0.39 is 4.92 Å². The van der Waals surface area contributed by atoms with E-state index >= 15 is 0 Å². The van der Waals surface area contributed by atoms with Crippen molar-refractivity contribution in [1.82, 2.24) is 0 Å². The fraction of sp³-hybridized carbons (Fsp3) is 0.130. The molecule has 2 heterocycles. The number of ether oxygens (including phenoxy) is 1. The van der Waals surface area contributed by atoms with Gasteiger partial charge in [0.25, 0.3) is 11.6 Å². The van der Waals surface area contributed by atoms with Crippen LogP contribution >= 0.6 is 0 Å². The summed E-state index contributed by atoms with van der Waals surface area (Å²) in [5.74, 6) is 0.859. The molecule has 2 aromatic carbocycles. The van der Waals surface area contributed by atoms with E-state index in [9.17, 15) is 14.9 Å². The van der Waals surface area contributed by atoms with E-state index in [1.54, 1.807) is 56.3 Å². The van der Waals surface area contributed by atoms with E-state index in [0.717, 1.165) is 0 Å². The van der Waals surface area contributed by atoms with Crippen molar-refractivity contribution in [1.29, 1.82) is 0 Å². The number of hydrogen-bond donors (Lipinski definition) is 0. The van der Waals surface area contributed by atoms with E-state index in [0.29, 0.717) is 46.4 Å². The zero-order chi connectivity index (χ0) is 22.0. The summed E-state index contributed by atoms with van der Waals surface area (Å²) in [7, 11) is 0. The Morgan fingerprint density at radius 1 is 1.16 bits per heavy atom. The fourth-order valence-electron chi connectivity index (χ4n) is 3.27. The van der Waals surface area contributed by atoms with Crippen LogP contribution in [0.25, 0.3) is 17.4 Å². The number of para-hydroxylation sites is 1. The minimum absolute atomic E-state index is 0.121. The predicted octanol–water partition coefficient (Wildman–Crippen LogP) is 5.06. The van der Waals surface area contributed by atoms with Gasteiger partial charge in [-0.3, -0.25) is 14.9 Å². The Kier molecular flexibility index (Phi) is 5.36. The molecular weight excluding hydrogens is 398 g/mol. The molecule has 3 aromatic rings. The van der Waals surface area contributed by atoms with Crippen LogP contribution in [0.1, 0.15) is 19.6 Å². The maximum Gasteiger partial charge on any atom is 0.284 e. The molecule has 0 N–H and O–H groups in total. The average molecular weight is 417 g/mol. The second-order valence-corrected chi connectivity index (χ2v) is 6.77. The number of hydrogen-bond acceptors (Lipinski definition) is 6. The number of hydrazone groups is 1. The third-order valence-corrected chi connectivity index (χ3v) is 4.72. The monoisotopic (exact) mass is 417 g/mol. The summed E-state index contributed by atoms with van der Waals surface area (Å²) in [6.45, 7) is 3.96. The number of amides is 1. The molecule has 1 aliphatic rings. The summed E-state index contributed by atoms with van der Waals surface area (Å²) in [5.41, 5.74) is 1.82. The molecule has 0 unspecified atom stereocenters. The minimum atomic E-state index is -0.479. The van der Waals surface area contributed by atoms with Crippen LogP contribution in [0.4, 0.5) is 11.4 Å². The maximum atomic E-state index is 12.8. The van der Waals surface area contributed by atoms with Gasteiger partial charge in [-0.15, -0.1) is 0 Å². The van der Waals surface area contributed by atoms with Crippen LogP contribution in [-0.2, 0) is 4.79 Å². The third-order valence-electron chi connectivity index (χ3n) is 4.72. The summed E-state index contributed by atoms with van der Waals surface area (Å²) in [6, 6.07) is 17.0. The number of anilines is 1. The summed E-state index contributed by atoms with van der Waals surface area (Å²) >= 11 is 0. The maximum absolute atomic E-state index is 12.8. The van der Waals surface area contributed by atoms with Crippen LogP contribution in [0.15, 0.2) is 75.8 Å². The Bertz CT molecular complexity index is 1210. The normalized spacial score (nSPS) is 14.8. The Hall–Kier alpha value is -4.20. The molecule has 0 bridgehead atoms. The van der Waals surface area contributed by atoms with Gasteiger partial charge in [0.05, 0.1) is 40.1 Å². The first-order valence-corrected chi connectivity index (χ1v) is 9.66. The van der Waals surface area contributed by atoms with Gasteiger partial charge in [0.1, 0.15) is 17.3 Å². The van der Waals surface area contributed by atoms with Gasteiger partial charge in [0.2, 0.25) is 0 Å². The van der Waals surface area contributed by atoms with Crippen LogP contribution in [0.3, 0.4) is 0 Å². The predicted molar refractivity (Wildman–Crippen MR) is 117 cm³/mol. The van der Waals surface area contributed by atoms with Gasteiger partial charge in [0, 0.05) is 0 Å². The topological polar surface area (TPSA) is 98.2 Å². The highest BCUT2D eigenvalue weighted by atomic mass is 16.6. The number of nitro groups is 1. The highest BCUT2D eigenvalue weighted by Crippen LogP contribution is 2.35. The van der Waals surface area contributed by atoms with Crippen LogP contribution in [0.5, 0.6) is 5.75 Å². The van der Waals surface area contributed by atoms with E-state index in [1.807, 2.05) is 18.2 Å². The van der Waals surface area contributed by atoms with Gasteiger partial charge in [-0.05, 0) is 56.3 Å². The van der Waals surface area contributed by atoms with Crippen molar-refractivity contribution in [2.24, 2.45) is 5.10 Å². The van der Waals surface area contributed by atoms with Gasteiger partial charge in [-0.1, -0.05) is 18.2 Å². The Morgan fingerprint density at radius 3 is 2.65 bits per heavy atom. The standard InChI is InChI=1S/C23H19N3O5/c1-3-30-17-9-11-19(21(14-17)26(28)29)22-12-10-18(31-22)13-20-15(2)24-25(23(20)27)16-7-5-4-6-8-16/h4-14H,3H2,1-2H3. The van der Waals surface area contributed by atoms with Crippen molar-refractivity contribution in [3.8, 4) is 17.1 Å². The van der Waals surface area contributed by atoms with E-state index in [2.05, 4.69) is 5.10 Å². The number of rotatable bonds is 6. The molecule has 0 saturated heterocycles. The van der Waals surface area contributed by atoms with Crippen molar-refractivity contribution >= 4 is 29.1 Å². The average Bonchev–Trinajstić information content (AvgIpc) is 3.35. The molecular formula is C23H19N3O5. The largest absolute Gasteiger partial charge is 0.494 e. The molecule has 8 nitrogen and oxygen atoms in total. The molecule has 0 atom stereocenters. The summed E-state index contributed by atoms with van der Waals surface area (Å²) in [5, 5.41) is 17.2. The number of carbonyl (C=O) groups excluding carboxylic acids is 1. The Labute approximate surface area is 178 Å². The highest BCUT2D eigenvalue weighted by molar-refractivity contribution is 6.32. The summed E-state index contributed by atoms with van der Waals surface area (Å²) in [6.07, 6.45) is 1.59. The fourth-order valence-corrected chi connectivity index (χ4v) is 3.27.